The molecule has 0 radical (unpaired) electrons. The van der Waals surface area contributed by atoms with Crippen molar-refractivity contribution in [1.29, 1.82) is 0 Å². The zero-order valence-corrected chi connectivity index (χ0v) is 11.7. The van der Waals surface area contributed by atoms with Crippen LogP contribution in [0.25, 0.3) is 11.0 Å². The Balaban J connectivity index is 2.22. The van der Waals surface area contributed by atoms with Gasteiger partial charge in [-0.25, -0.2) is 4.39 Å². The molecule has 0 saturated heterocycles. The first-order valence-corrected chi connectivity index (χ1v) is 7.66. The summed E-state index contributed by atoms with van der Waals surface area (Å²) in [6, 6.07) is 1.48. The number of hydrogen-bond acceptors (Lipinski definition) is 5. The summed E-state index contributed by atoms with van der Waals surface area (Å²) in [7, 11) is -4.38. The van der Waals surface area contributed by atoms with Gasteiger partial charge in [-0.2, -0.15) is 4.98 Å². The van der Waals surface area contributed by atoms with Crippen LogP contribution in [-0.4, -0.2) is 43.4 Å². The Morgan fingerprint density at radius 2 is 2.29 bits per heavy atom. The van der Waals surface area contributed by atoms with Gasteiger partial charge in [-0.05, 0) is 6.07 Å². The number of hydrogen-bond donors (Lipinski definition) is 4. The van der Waals surface area contributed by atoms with Crippen molar-refractivity contribution >= 4 is 24.6 Å². The summed E-state index contributed by atoms with van der Waals surface area (Å²) in [5, 5.41) is 0.275. The number of anilines is 1. The first-order valence-electron chi connectivity index (χ1n) is 5.87. The summed E-state index contributed by atoms with van der Waals surface area (Å²) in [4.78, 5) is 35.3. The molecule has 0 aliphatic heterocycles. The molecular formula is C10H14FN4O5P. The average Bonchev–Trinajstić information content (AvgIpc) is 2.76. The van der Waals surface area contributed by atoms with E-state index in [-0.39, 0.29) is 23.5 Å². The Kier molecular flexibility index (Phi) is 4.43. The summed E-state index contributed by atoms with van der Waals surface area (Å²) in [5.74, 6) is -0.0830. The Hall–Kier alpha value is -1.74. The largest absolute Gasteiger partial charge is 0.369 e. The Morgan fingerprint density at radius 3 is 2.90 bits per heavy atom. The topological polar surface area (TPSA) is 143 Å². The predicted octanol–water partition coefficient (Wildman–Crippen LogP) is -0.203. The van der Waals surface area contributed by atoms with Crippen LogP contribution in [0.5, 0.6) is 0 Å². The highest BCUT2D eigenvalue weighted by Gasteiger charge is 2.19. The van der Waals surface area contributed by atoms with E-state index < -0.39 is 32.3 Å². The number of halogens is 1. The minimum Gasteiger partial charge on any atom is -0.369 e. The lowest BCUT2D eigenvalue weighted by molar-refractivity contribution is 0.0446. The van der Waals surface area contributed by atoms with Gasteiger partial charge in [-0.3, -0.25) is 14.3 Å². The number of nitrogens with two attached hydrogens (primary N) is 1. The average molecular weight is 320 g/mol. The molecule has 1 atom stereocenters. The van der Waals surface area contributed by atoms with Crippen molar-refractivity contribution in [2.24, 2.45) is 0 Å². The van der Waals surface area contributed by atoms with Crippen LogP contribution in [0, 0.1) is 0 Å². The molecule has 2 aromatic heterocycles. The van der Waals surface area contributed by atoms with Gasteiger partial charge in [-0.15, -0.1) is 0 Å². The molecule has 0 aliphatic rings. The first-order chi connectivity index (χ1) is 9.80. The molecule has 11 heteroatoms. The summed E-state index contributed by atoms with van der Waals surface area (Å²) < 4.78 is 29.9. The number of H-pyrrole nitrogens is 1. The molecule has 1 unspecified atom stereocenters. The second-order valence-corrected chi connectivity index (χ2v) is 5.98. The van der Waals surface area contributed by atoms with Crippen LogP contribution >= 0.6 is 7.60 Å². The van der Waals surface area contributed by atoms with E-state index in [2.05, 4.69) is 9.97 Å². The molecule has 0 aromatic carbocycles. The monoisotopic (exact) mass is 320 g/mol. The minimum atomic E-state index is -4.38. The number of aromatic amines is 1. The lowest BCUT2D eigenvalue weighted by Crippen LogP contribution is -2.23. The number of nitrogens with zero attached hydrogens (tertiary/aromatic N) is 2. The smallest absolute Gasteiger partial charge is 0.350 e. The summed E-state index contributed by atoms with van der Waals surface area (Å²) >= 11 is 0. The van der Waals surface area contributed by atoms with Crippen molar-refractivity contribution < 1.29 is 23.5 Å². The maximum atomic E-state index is 12.9. The number of nitrogen functional groups attached to an aromatic ring is 1. The molecular weight excluding hydrogens is 306 g/mol. The molecule has 9 nitrogen and oxygen atoms in total. The van der Waals surface area contributed by atoms with Gasteiger partial charge < -0.3 is 24.8 Å². The van der Waals surface area contributed by atoms with Crippen LogP contribution in [0.3, 0.4) is 0 Å². The second kappa shape index (κ2) is 5.94. The van der Waals surface area contributed by atoms with E-state index in [0.717, 1.165) is 0 Å². The van der Waals surface area contributed by atoms with Gasteiger partial charge in [0.1, 0.15) is 24.8 Å². The van der Waals surface area contributed by atoms with Crippen LogP contribution in [0.1, 0.15) is 0 Å². The standard InChI is InChI=1S/C10H14FN4O5P/c11-3-6(20-5-21(17,18)19)4-15-2-1-7-8(15)13-10(12)14-9(7)16/h1-2,6H,3-5H2,(H2,17,18,19)(H3,12,13,14,16). The van der Waals surface area contributed by atoms with Crippen molar-refractivity contribution in [3.05, 3.63) is 22.6 Å². The van der Waals surface area contributed by atoms with Gasteiger partial charge >= 0.3 is 7.60 Å². The molecule has 2 heterocycles. The molecule has 21 heavy (non-hydrogen) atoms. The predicted molar refractivity (Wildman–Crippen MR) is 72.5 cm³/mol. The SMILES string of the molecule is Nc1nc2c(ccn2CC(CF)OCP(=O)(O)O)c(=O)[nH]1. The Morgan fingerprint density at radius 1 is 1.57 bits per heavy atom. The molecule has 5 N–H and O–H groups in total. The van der Waals surface area contributed by atoms with E-state index in [0.29, 0.717) is 0 Å². The molecule has 0 spiro atoms. The summed E-state index contributed by atoms with van der Waals surface area (Å²) in [5.41, 5.74) is 5.26. The number of fused-ring (bicyclic) bond motifs is 1. The van der Waals surface area contributed by atoms with Crippen molar-refractivity contribution in [3.63, 3.8) is 0 Å². The van der Waals surface area contributed by atoms with E-state index in [4.69, 9.17) is 20.3 Å². The van der Waals surface area contributed by atoms with E-state index in [1.165, 1.54) is 16.8 Å². The fraction of sp³-hybridized carbons (Fsp3) is 0.400. The maximum Gasteiger partial charge on any atom is 0.350 e. The first kappa shape index (κ1) is 15.6. The molecule has 0 aliphatic carbocycles. The highest BCUT2D eigenvalue weighted by atomic mass is 31.2. The normalized spacial score (nSPS) is 13.7. The fourth-order valence-electron chi connectivity index (χ4n) is 1.81. The van der Waals surface area contributed by atoms with E-state index >= 15 is 0 Å². The number of rotatable bonds is 6. The molecule has 0 bridgehead atoms. The van der Waals surface area contributed by atoms with Crippen molar-refractivity contribution in [2.75, 3.05) is 18.8 Å². The number of aromatic nitrogens is 3. The van der Waals surface area contributed by atoms with Crippen LogP contribution in [0.15, 0.2) is 17.1 Å². The van der Waals surface area contributed by atoms with Gasteiger partial charge in [0.05, 0.1) is 11.9 Å². The zero-order valence-electron chi connectivity index (χ0n) is 10.8. The third kappa shape index (κ3) is 3.88. The van der Waals surface area contributed by atoms with Crippen LogP contribution in [0.2, 0.25) is 0 Å². The Bertz CT molecular complexity index is 739. The lowest BCUT2D eigenvalue weighted by Gasteiger charge is -2.16. The van der Waals surface area contributed by atoms with E-state index in [1.807, 2.05) is 0 Å². The van der Waals surface area contributed by atoms with Crippen molar-refractivity contribution in [1.82, 2.24) is 14.5 Å². The van der Waals surface area contributed by atoms with Crippen molar-refractivity contribution in [3.8, 4) is 0 Å². The molecule has 0 amide bonds. The quantitative estimate of drug-likeness (QED) is 0.539. The molecule has 2 rings (SSSR count). The van der Waals surface area contributed by atoms with Gasteiger partial charge in [0.25, 0.3) is 5.56 Å². The van der Waals surface area contributed by atoms with Crippen LogP contribution in [-0.2, 0) is 15.8 Å². The summed E-state index contributed by atoms with van der Waals surface area (Å²) in [6.45, 7) is -1.01. The number of ether oxygens (including phenoxy) is 1. The van der Waals surface area contributed by atoms with Gasteiger partial charge in [0.2, 0.25) is 5.95 Å². The lowest BCUT2D eigenvalue weighted by atomic mass is 10.4. The molecule has 116 valence electrons. The van der Waals surface area contributed by atoms with Gasteiger partial charge in [-0.1, -0.05) is 0 Å². The highest BCUT2D eigenvalue weighted by Crippen LogP contribution is 2.34. The van der Waals surface area contributed by atoms with Crippen LogP contribution < -0.4 is 11.3 Å². The molecule has 0 saturated carbocycles. The zero-order chi connectivity index (χ0) is 15.6. The van der Waals surface area contributed by atoms with E-state index in [9.17, 15) is 13.8 Å². The van der Waals surface area contributed by atoms with Crippen LogP contribution in [0.4, 0.5) is 10.3 Å². The number of nitrogens with one attached hydrogen (secondary N) is 1. The minimum absolute atomic E-state index is 0.0596. The van der Waals surface area contributed by atoms with Crippen molar-refractivity contribution in [2.45, 2.75) is 12.6 Å². The second-order valence-electron chi connectivity index (χ2n) is 4.39. The number of alkyl halides is 1. The van der Waals surface area contributed by atoms with Gasteiger partial charge in [0, 0.05) is 6.20 Å². The molecule has 2 aromatic rings. The third-order valence-electron chi connectivity index (χ3n) is 2.70. The third-order valence-corrected chi connectivity index (χ3v) is 3.18. The highest BCUT2D eigenvalue weighted by molar-refractivity contribution is 7.51. The summed E-state index contributed by atoms with van der Waals surface area (Å²) in [6.07, 6.45) is -0.456. The van der Waals surface area contributed by atoms with E-state index in [1.54, 1.807) is 0 Å². The fourth-order valence-corrected chi connectivity index (χ4v) is 2.21. The van der Waals surface area contributed by atoms with Gasteiger partial charge in [0.15, 0.2) is 0 Å². The maximum absolute atomic E-state index is 12.9. The molecule has 0 fully saturated rings. The Labute approximate surface area is 117 Å².